The van der Waals surface area contributed by atoms with Gasteiger partial charge in [-0.1, -0.05) is 11.6 Å². The number of nitrogens with one attached hydrogen (secondary N) is 1. The number of amides is 2. The van der Waals surface area contributed by atoms with Gasteiger partial charge in [-0.25, -0.2) is 0 Å². The summed E-state index contributed by atoms with van der Waals surface area (Å²) in [6.07, 6.45) is 1.85. The van der Waals surface area contributed by atoms with Gasteiger partial charge in [0.2, 0.25) is 11.8 Å². The molecule has 3 heterocycles. The smallest absolute Gasteiger partial charge is 0.237 e. The number of hydrogen-bond donors (Lipinski definition) is 1. The molecule has 1 N–H and O–H groups in total. The Kier molecular flexibility index (Phi) is 3.75. The monoisotopic (exact) mass is 293 g/mol. The number of ether oxygens (including phenoxy) is 1. The van der Waals surface area contributed by atoms with E-state index in [-0.39, 0.29) is 36.0 Å². The summed E-state index contributed by atoms with van der Waals surface area (Å²) in [5.74, 6) is -0.0442. The zero-order chi connectivity index (χ0) is 15.1. The molecular formula is C15H23N3O3. The Morgan fingerprint density at radius 2 is 2.29 bits per heavy atom. The molecule has 2 amide bonds. The molecule has 3 aliphatic heterocycles. The molecule has 0 aromatic carbocycles. The number of carbonyl (C=O) groups is 2. The first-order chi connectivity index (χ1) is 10.1. The third kappa shape index (κ3) is 2.26. The highest BCUT2D eigenvalue weighted by Gasteiger charge is 2.57. The van der Waals surface area contributed by atoms with Crippen molar-refractivity contribution >= 4 is 11.8 Å². The third-order valence-electron chi connectivity index (χ3n) is 4.69. The van der Waals surface area contributed by atoms with Crippen LogP contribution in [-0.4, -0.2) is 73.1 Å². The Hall–Kier alpha value is -1.40. The normalized spacial score (nSPS) is 34.8. The summed E-state index contributed by atoms with van der Waals surface area (Å²) >= 11 is 0. The largest absolute Gasteiger partial charge is 0.366 e. The molecule has 3 rings (SSSR count). The van der Waals surface area contributed by atoms with Crippen molar-refractivity contribution in [2.24, 2.45) is 5.92 Å². The van der Waals surface area contributed by atoms with Gasteiger partial charge < -0.3 is 19.9 Å². The minimum absolute atomic E-state index is 0.0342. The molecule has 4 unspecified atom stereocenters. The van der Waals surface area contributed by atoms with E-state index < -0.39 is 0 Å². The molecule has 0 saturated carbocycles. The minimum Gasteiger partial charge on any atom is -0.366 e. The van der Waals surface area contributed by atoms with Crippen molar-refractivity contribution in [3.63, 3.8) is 0 Å². The van der Waals surface area contributed by atoms with Crippen LogP contribution in [0.5, 0.6) is 0 Å². The van der Waals surface area contributed by atoms with E-state index in [1.807, 2.05) is 23.6 Å². The summed E-state index contributed by atoms with van der Waals surface area (Å²) in [5, 5.41) is 2.90. The molecule has 6 heteroatoms. The molecule has 116 valence electrons. The van der Waals surface area contributed by atoms with Gasteiger partial charge in [0.1, 0.15) is 0 Å². The first kappa shape index (κ1) is 14.5. The van der Waals surface area contributed by atoms with Crippen LogP contribution in [0.1, 0.15) is 13.8 Å². The maximum Gasteiger partial charge on any atom is 0.237 e. The van der Waals surface area contributed by atoms with Gasteiger partial charge in [-0.3, -0.25) is 9.59 Å². The fourth-order valence-electron chi connectivity index (χ4n) is 3.78. The summed E-state index contributed by atoms with van der Waals surface area (Å²) in [4.78, 5) is 28.6. The van der Waals surface area contributed by atoms with Crippen molar-refractivity contribution in [3.8, 4) is 0 Å². The molecule has 6 nitrogen and oxygen atoms in total. The van der Waals surface area contributed by atoms with Gasteiger partial charge in [-0.05, 0) is 20.9 Å². The van der Waals surface area contributed by atoms with E-state index in [4.69, 9.17) is 4.74 Å². The van der Waals surface area contributed by atoms with Gasteiger partial charge in [0.05, 0.1) is 30.7 Å². The molecule has 2 saturated heterocycles. The Labute approximate surface area is 125 Å². The van der Waals surface area contributed by atoms with Gasteiger partial charge in [0.25, 0.3) is 0 Å². The van der Waals surface area contributed by atoms with Crippen molar-refractivity contribution in [2.45, 2.75) is 32.1 Å². The molecule has 2 fully saturated rings. The summed E-state index contributed by atoms with van der Waals surface area (Å²) in [6, 6.07) is -0.149. The van der Waals surface area contributed by atoms with E-state index >= 15 is 0 Å². The molecule has 0 bridgehead atoms. The fraction of sp³-hybridized carbons (Fsp3) is 0.733. The summed E-state index contributed by atoms with van der Waals surface area (Å²) < 4.78 is 6.07. The van der Waals surface area contributed by atoms with Crippen molar-refractivity contribution in [2.75, 3.05) is 33.2 Å². The second-order valence-electron chi connectivity index (χ2n) is 6.10. The number of hydrogen-bond acceptors (Lipinski definition) is 4. The second kappa shape index (κ2) is 5.42. The molecule has 0 aromatic heterocycles. The Bertz CT molecular complexity index is 491. The fourth-order valence-corrected chi connectivity index (χ4v) is 3.78. The highest BCUT2D eigenvalue weighted by atomic mass is 16.5. The molecule has 4 atom stereocenters. The highest BCUT2D eigenvalue weighted by molar-refractivity contribution is 5.85. The summed E-state index contributed by atoms with van der Waals surface area (Å²) in [5.41, 5.74) is 1.13. The Morgan fingerprint density at radius 1 is 1.52 bits per heavy atom. The highest BCUT2D eigenvalue weighted by Crippen LogP contribution is 2.40. The van der Waals surface area contributed by atoms with Gasteiger partial charge >= 0.3 is 0 Å². The van der Waals surface area contributed by atoms with Gasteiger partial charge in [0.15, 0.2) is 0 Å². The predicted octanol–water partition coefficient (Wildman–Crippen LogP) is -0.391. The van der Waals surface area contributed by atoms with E-state index in [1.54, 1.807) is 7.05 Å². The van der Waals surface area contributed by atoms with Crippen LogP contribution >= 0.6 is 0 Å². The predicted molar refractivity (Wildman–Crippen MR) is 77.6 cm³/mol. The zero-order valence-electron chi connectivity index (χ0n) is 12.8. The quantitative estimate of drug-likeness (QED) is 0.720. The Morgan fingerprint density at radius 3 is 2.95 bits per heavy atom. The van der Waals surface area contributed by atoms with Gasteiger partial charge in [0, 0.05) is 19.6 Å². The average Bonchev–Trinajstić information content (AvgIpc) is 2.94. The average molecular weight is 293 g/mol. The van der Waals surface area contributed by atoms with Gasteiger partial charge in [-0.2, -0.15) is 0 Å². The molecule has 21 heavy (non-hydrogen) atoms. The van der Waals surface area contributed by atoms with Crippen LogP contribution < -0.4 is 5.32 Å². The lowest BCUT2D eigenvalue weighted by Gasteiger charge is -2.37. The maximum atomic E-state index is 12.6. The van der Waals surface area contributed by atoms with Crippen LogP contribution in [0.15, 0.2) is 11.6 Å². The first-order valence-corrected chi connectivity index (χ1v) is 7.62. The molecule has 0 aliphatic carbocycles. The van der Waals surface area contributed by atoms with Crippen LogP contribution in [-0.2, 0) is 14.3 Å². The van der Waals surface area contributed by atoms with Gasteiger partial charge in [-0.15, -0.1) is 0 Å². The van der Waals surface area contributed by atoms with Crippen molar-refractivity contribution in [1.29, 1.82) is 0 Å². The lowest BCUT2D eigenvalue weighted by atomic mass is 9.90. The van der Waals surface area contributed by atoms with E-state index in [0.717, 1.165) is 5.57 Å². The SMILES string of the molecule is CCN1CC2OC3C=C(C)CN(C(=O)CNC)C3C2C1=O. The number of fused-ring (bicyclic) bond motifs is 3. The van der Waals surface area contributed by atoms with E-state index in [0.29, 0.717) is 26.2 Å². The molecule has 3 aliphatic rings. The number of likely N-dealkylation sites (N-methyl/N-ethyl adjacent to an activating group) is 2. The van der Waals surface area contributed by atoms with Crippen molar-refractivity contribution in [3.05, 3.63) is 11.6 Å². The van der Waals surface area contributed by atoms with E-state index in [9.17, 15) is 9.59 Å². The van der Waals surface area contributed by atoms with Crippen molar-refractivity contribution < 1.29 is 14.3 Å². The van der Waals surface area contributed by atoms with E-state index in [2.05, 4.69) is 11.4 Å². The summed E-state index contributed by atoms with van der Waals surface area (Å²) in [6.45, 7) is 6.21. The zero-order valence-corrected chi connectivity index (χ0v) is 12.8. The maximum absolute atomic E-state index is 12.6. The number of carbonyl (C=O) groups excluding carboxylic acids is 2. The molecular weight excluding hydrogens is 270 g/mol. The lowest BCUT2D eigenvalue weighted by molar-refractivity contribution is -0.138. The van der Waals surface area contributed by atoms with Crippen LogP contribution in [0, 0.1) is 5.92 Å². The van der Waals surface area contributed by atoms with E-state index in [1.165, 1.54) is 0 Å². The Balaban J connectivity index is 1.89. The first-order valence-electron chi connectivity index (χ1n) is 7.62. The number of rotatable bonds is 3. The molecule has 0 spiro atoms. The van der Waals surface area contributed by atoms with Crippen LogP contribution in [0.25, 0.3) is 0 Å². The number of nitrogens with zero attached hydrogens (tertiary/aromatic N) is 2. The van der Waals surface area contributed by atoms with Crippen molar-refractivity contribution in [1.82, 2.24) is 15.1 Å². The lowest BCUT2D eigenvalue weighted by Crippen LogP contribution is -2.54. The molecule has 0 radical (unpaired) electrons. The van der Waals surface area contributed by atoms with Crippen LogP contribution in [0.2, 0.25) is 0 Å². The van der Waals surface area contributed by atoms with Crippen LogP contribution in [0.4, 0.5) is 0 Å². The summed E-state index contributed by atoms with van der Waals surface area (Å²) in [7, 11) is 1.76. The van der Waals surface area contributed by atoms with Crippen LogP contribution in [0.3, 0.4) is 0 Å². The topological polar surface area (TPSA) is 61.9 Å². The second-order valence-corrected chi connectivity index (χ2v) is 6.10. The third-order valence-corrected chi connectivity index (χ3v) is 4.69. The molecule has 0 aromatic rings. The minimum atomic E-state index is -0.208. The number of likely N-dealkylation sites (tertiary alicyclic amines) is 1. The standard InChI is InChI=1S/C15H23N3O3/c1-4-17-8-11-13(15(17)20)14-10(21-11)5-9(2)7-18(14)12(19)6-16-3/h5,10-11,13-14,16H,4,6-8H2,1-3H3.